The standard InChI is InChI=1S/C11H22N2O/c1-2-13-10(11(12)14)8-9-6-4-3-5-7-9/h9-10,13H,2-8H2,1H3,(H2,12,14). The lowest BCUT2D eigenvalue weighted by Crippen LogP contribution is -2.42. The van der Waals surface area contributed by atoms with Gasteiger partial charge in [-0.25, -0.2) is 0 Å². The molecule has 1 aliphatic carbocycles. The van der Waals surface area contributed by atoms with Crippen molar-refractivity contribution in [2.24, 2.45) is 11.7 Å². The summed E-state index contributed by atoms with van der Waals surface area (Å²) in [5.41, 5.74) is 5.34. The summed E-state index contributed by atoms with van der Waals surface area (Å²) >= 11 is 0. The van der Waals surface area contributed by atoms with Crippen LogP contribution in [0.5, 0.6) is 0 Å². The van der Waals surface area contributed by atoms with Crippen molar-refractivity contribution in [2.75, 3.05) is 6.54 Å². The van der Waals surface area contributed by atoms with Crippen LogP contribution in [0.2, 0.25) is 0 Å². The Balaban J connectivity index is 2.33. The minimum absolute atomic E-state index is 0.108. The zero-order valence-electron chi connectivity index (χ0n) is 9.09. The molecule has 82 valence electrons. The summed E-state index contributed by atoms with van der Waals surface area (Å²) in [4.78, 5) is 11.1. The molecule has 1 aliphatic rings. The van der Waals surface area contributed by atoms with Crippen LogP contribution < -0.4 is 11.1 Å². The Labute approximate surface area is 86.4 Å². The summed E-state index contributed by atoms with van der Waals surface area (Å²) in [7, 11) is 0. The molecule has 0 aromatic carbocycles. The average Bonchev–Trinajstić information content (AvgIpc) is 2.18. The molecule has 1 saturated carbocycles. The molecular weight excluding hydrogens is 176 g/mol. The fourth-order valence-corrected chi connectivity index (χ4v) is 2.30. The van der Waals surface area contributed by atoms with Crippen LogP contribution in [0.3, 0.4) is 0 Å². The first-order chi connectivity index (χ1) is 6.74. The maximum absolute atomic E-state index is 11.1. The zero-order chi connectivity index (χ0) is 10.4. The van der Waals surface area contributed by atoms with Crippen LogP contribution in [0.4, 0.5) is 0 Å². The number of amides is 1. The number of carbonyl (C=O) groups is 1. The first-order valence-electron chi connectivity index (χ1n) is 5.76. The fraction of sp³-hybridized carbons (Fsp3) is 0.909. The predicted molar refractivity (Wildman–Crippen MR) is 57.9 cm³/mol. The normalized spacial score (nSPS) is 20.6. The summed E-state index contributed by atoms with van der Waals surface area (Å²) in [6.07, 6.45) is 7.48. The van der Waals surface area contributed by atoms with Gasteiger partial charge in [0.15, 0.2) is 0 Å². The van der Waals surface area contributed by atoms with Crippen LogP contribution >= 0.6 is 0 Å². The van der Waals surface area contributed by atoms with Gasteiger partial charge in [0.2, 0.25) is 5.91 Å². The van der Waals surface area contributed by atoms with Gasteiger partial charge in [-0.3, -0.25) is 4.79 Å². The molecule has 0 bridgehead atoms. The molecule has 1 amide bonds. The lowest BCUT2D eigenvalue weighted by atomic mass is 9.84. The number of hydrogen-bond acceptors (Lipinski definition) is 2. The van der Waals surface area contributed by atoms with E-state index in [1.807, 2.05) is 6.92 Å². The van der Waals surface area contributed by atoms with E-state index in [1.54, 1.807) is 0 Å². The molecular formula is C11H22N2O. The number of nitrogens with two attached hydrogens (primary N) is 1. The topological polar surface area (TPSA) is 55.1 Å². The van der Waals surface area contributed by atoms with Gasteiger partial charge in [-0.05, 0) is 18.9 Å². The molecule has 0 aromatic heterocycles. The van der Waals surface area contributed by atoms with E-state index < -0.39 is 0 Å². The average molecular weight is 198 g/mol. The monoisotopic (exact) mass is 198 g/mol. The van der Waals surface area contributed by atoms with Gasteiger partial charge in [-0.15, -0.1) is 0 Å². The van der Waals surface area contributed by atoms with Gasteiger partial charge < -0.3 is 11.1 Å². The van der Waals surface area contributed by atoms with Gasteiger partial charge in [0, 0.05) is 0 Å². The SMILES string of the molecule is CCNC(CC1CCCCC1)C(N)=O. The Morgan fingerprint density at radius 3 is 2.57 bits per heavy atom. The molecule has 3 heteroatoms. The molecule has 1 atom stereocenters. The summed E-state index contributed by atoms with van der Waals surface area (Å²) in [5.74, 6) is 0.512. The Bertz CT molecular complexity index is 176. The van der Waals surface area contributed by atoms with Crippen LogP contribution in [-0.4, -0.2) is 18.5 Å². The van der Waals surface area contributed by atoms with Gasteiger partial charge >= 0.3 is 0 Å². The summed E-state index contributed by atoms with van der Waals surface area (Å²) in [6.45, 7) is 2.83. The summed E-state index contributed by atoms with van der Waals surface area (Å²) < 4.78 is 0. The number of carbonyl (C=O) groups excluding carboxylic acids is 1. The molecule has 14 heavy (non-hydrogen) atoms. The number of rotatable bonds is 5. The third-order valence-corrected chi connectivity index (χ3v) is 3.09. The summed E-state index contributed by atoms with van der Waals surface area (Å²) in [5, 5.41) is 3.15. The highest BCUT2D eigenvalue weighted by Gasteiger charge is 2.21. The molecule has 1 unspecified atom stereocenters. The highest BCUT2D eigenvalue weighted by atomic mass is 16.1. The van der Waals surface area contributed by atoms with Crippen molar-refractivity contribution in [2.45, 2.75) is 51.5 Å². The van der Waals surface area contributed by atoms with Crippen molar-refractivity contribution in [1.29, 1.82) is 0 Å². The second-order valence-corrected chi connectivity index (χ2v) is 4.25. The smallest absolute Gasteiger partial charge is 0.234 e. The number of hydrogen-bond donors (Lipinski definition) is 2. The highest BCUT2D eigenvalue weighted by molar-refractivity contribution is 5.79. The Morgan fingerprint density at radius 2 is 2.07 bits per heavy atom. The van der Waals surface area contributed by atoms with E-state index in [1.165, 1.54) is 32.1 Å². The van der Waals surface area contributed by atoms with E-state index in [2.05, 4.69) is 5.32 Å². The molecule has 0 aromatic rings. The second-order valence-electron chi connectivity index (χ2n) is 4.25. The molecule has 0 radical (unpaired) electrons. The molecule has 1 rings (SSSR count). The van der Waals surface area contributed by atoms with Gasteiger partial charge in [-0.2, -0.15) is 0 Å². The molecule has 0 heterocycles. The third kappa shape index (κ3) is 3.66. The van der Waals surface area contributed by atoms with Gasteiger partial charge in [0.25, 0.3) is 0 Å². The molecule has 0 saturated heterocycles. The lowest BCUT2D eigenvalue weighted by Gasteiger charge is -2.25. The van der Waals surface area contributed by atoms with E-state index in [-0.39, 0.29) is 11.9 Å². The minimum atomic E-state index is -0.197. The van der Waals surface area contributed by atoms with Crippen molar-refractivity contribution in [1.82, 2.24) is 5.32 Å². The van der Waals surface area contributed by atoms with Crippen molar-refractivity contribution < 1.29 is 4.79 Å². The molecule has 3 nitrogen and oxygen atoms in total. The van der Waals surface area contributed by atoms with Crippen LogP contribution in [0.1, 0.15) is 45.4 Å². The molecule has 0 aliphatic heterocycles. The number of primary amides is 1. The van der Waals surface area contributed by atoms with Crippen molar-refractivity contribution in [3.63, 3.8) is 0 Å². The number of nitrogens with one attached hydrogen (secondary N) is 1. The van der Waals surface area contributed by atoms with Gasteiger partial charge in [0.1, 0.15) is 0 Å². The van der Waals surface area contributed by atoms with Crippen LogP contribution in [0.25, 0.3) is 0 Å². The van der Waals surface area contributed by atoms with Gasteiger partial charge in [-0.1, -0.05) is 39.0 Å². The second kappa shape index (κ2) is 6.02. The van der Waals surface area contributed by atoms with Crippen LogP contribution in [-0.2, 0) is 4.79 Å². The van der Waals surface area contributed by atoms with E-state index in [0.29, 0.717) is 5.92 Å². The third-order valence-electron chi connectivity index (χ3n) is 3.09. The lowest BCUT2D eigenvalue weighted by molar-refractivity contribution is -0.120. The highest BCUT2D eigenvalue weighted by Crippen LogP contribution is 2.27. The van der Waals surface area contributed by atoms with E-state index >= 15 is 0 Å². The zero-order valence-corrected chi connectivity index (χ0v) is 9.09. The Hall–Kier alpha value is -0.570. The van der Waals surface area contributed by atoms with Crippen molar-refractivity contribution >= 4 is 5.91 Å². The Kier molecular flexibility index (Phi) is 4.94. The van der Waals surface area contributed by atoms with E-state index in [0.717, 1.165) is 13.0 Å². The minimum Gasteiger partial charge on any atom is -0.368 e. The maximum atomic E-state index is 11.1. The molecule has 0 spiro atoms. The quantitative estimate of drug-likeness (QED) is 0.702. The van der Waals surface area contributed by atoms with E-state index in [9.17, 15) is 4.79 Å². The molecule has 3 N–H and O–H groups in total. The van der Waals surface area contributed by atoms with Crippen molar-refractivity contribution in [3.05, 3.63) is 0 Å². The number of likely N-dealkylation sites (N-methyl/N-ethyl adjacent to an activating group) is 1. The first-order valence-corrected chi connectivity index (χ1v) is 5.76. The molecule has 1 fully saturated rings. The largest absolute Gasteiger partial charge is 0.368 e. The predicted octanol–water partition coefficient (Wildman–Crippen LogP) is 1.42. The Morgan fingerprint density at radius 1 is 1.43 bits per heavy atom. The maximum Gasteiger partial charge on any atom is 0.234 e. The van der Waals surface area contributed by atoms with Crippen LogP contribution in [0.15, 0.2) is 0 Å². The summed E-state index contributed by atoms with van der Waals surface area (Å²) in [6, 6.07) is -0.108. The fourth-order valence-electron chi connectivity index (χ4n) is 2.30. The van der Waals surface area contributed by atoms with Crippen LogP contribution in [0, 0.1) is 5.92 Å². The van der Waals surface area contributed by atoms with Crippen molar-refractivity contribution in [3.8, 4) is 0 Å². The van der Waals surface area contributed by atoms with Gasteiger partial charge in [0.05, 0.1) is 6.04 Å². The van der Waals surface area contributed by atoms with E-state index in [4.69, 9.17) is 5.73 Å². The first kappa shape index (κ1) is 11.5.